The summed E-state index contributed by atoms with van der Waals surface area (Å²) in [5, 5.41) is 8.80. The standard InChI is InChI=1S/C25H29N3O3/c1-19(2)28(15-9-10-16-31-18-23(29)30)22-17-26-24(20-11-5-3-6-12-20)25(27-22)21-13-7-4-8-14-21/h3-8,11-14,17,19H,9-10,15-16,18H2,1-2H3,(H,29,30)/i1D3,2D3,15D2,16D2. The molecule has 0 radical (unpaired) electrons. The lowest BCUT2D eigenvalue weighted by atomic mass is 10.0. The van der Waals surface area contributed by atoms with Crippen molar-refractivity contribution in [3.05, 3.63) is 66.9 Å². The lowest BCUT2D eigenvalue weighted by Gasteiger charge is -2.28. The normalized spacial score (nSPS) is 17.5. The molecule has 3 rings (SSSR count). The Labute approximate surface area is 197 Å². The smallest absolute Gasteiger partial charge is 0.329 e. The van der Waals surface area contributed by atoms with Crippen LogP contribution < -0.4 is 4.90 Å². The Balaban J connectivity index is 2.20. The van der Waals surface area contributed by atoms with Crippen LogP contribution in [-0.2, 0) is 9.53 Å². The van der Waals surface area contributed by atoms with E-state index in [9.17, 15) is 4.79 Å². The maximum atomic E-state index is 10.8. The van der Waals surface area contributed by atoms with E-state index >= 15 is 0 Å². The summed E-state index contributed by atoms with van der Waals surface area (Å²) < 4.78 is 86.2. The first-order chi connectivity index (χ1) is 18.9. The van der Waals surface area contributed by atoms with E-state index in [1.165, 1.54) is 0 Å². The third kappa shape index (κ3) is 6.36. The fraction of sp³-hybridized carbons (Fsp3) is 0.320. The maximum absolute atomic E-state index is 10.8. The van der Waals surface area contributed by atoms with Crippen molar-refractivity contribution in [2.45, 2.75) is 32.6 Å². The van der Waals surface area contributed by atoms with Crippen molar-refractivity contribution in [3.63, 3.8) is 0 Å². The van der Waals surface area contributed by atoms with Gasteiger partial charge in [0, 0.05) is 41.2 Å². The van der Waals surface area contributed by atoms with Crippen LogP contribution in [0.25, 0.3) is 22.5 Å². The van der Waals surface area contributed by atoms with Crippen LogP contribution in [0.1, 0.15) is 40.3 Å². The van der Waals surface area contributed by atoms with E-state index in [0.717, 1.165) is 6.20 Å². The van der Waals surface area contributed by atoms with E-state index in [4.69, 9.17) is 23.6 Å². The molecule has 1 N–H and O–H groups in total. The molecule has 3 aromatic rings. The molecule has 1 aromatic heterocycles. The number of ether oxygens (including phenoxy) is 1. The van der Waals surface area contributed by atoms with Crippen molar-refractivity contribution >= 4 is 11.8 Å². The van der Waals surface area contributed by atoms with Crippen LogP contribution in [0.5, 0.6) is 0 Å². The van der Waals surface area contributed by atoms with Crippen molar-refractivity contribution in [2.24, 2.45) is 0 Å². The number of carboxylic acid groups (broad SMARTS) is 1. The number of aliphatic carboxylic acids is 1. The monoisotopic (exact) mass is 429 g/mol. The summed E-state index contributed by atoms with van der Waals surface area (Å²) in [6.45, 7) is -12.9. The van der Waals surface area contributed by atoms with E-state index in [2.05, 4.69) is 9.97 Å². The predicted molar refractivity (Wildman–Crippen MR) is 123 cm³/mol. The number of anilines is 1. The van der Waals surface area contributed by atoms with Crippen molar-refractivity contribution in [1.29, 1.82) is 0 Å². The van der Waals surface area contributed by atoms with Gasteiger partial charge in [0.2, 0.25) is 0 Å². The Morgan fingerprint density at radius 3 is 2.32 bits per heavy atom. The fourth-order valence-electron chi connectivity index (χ4n) is 2.82. The van der Waals surface area contributed by atoms with E-state index in [1.807, 2.05) is 0 Å². The van der Waals surface area contributed by atoms with Gasteiger partial charge in [-0.1, -0.05) is 60.7 Å². The highest BCUT2D eigenvalue weighted by Gasteiger charge is 2.17. The fourth-order valence-corrected chi connectivity index (χ4v) is 2.82. The number of aromatic nitrogens is 2. The van der Waals surface area contributed by atoms with Gasteiger partial charge in [0.15, 0.2) is 0 Å². The SMILES string of the molecule is [2H]C([2H])(CCC([2H])([2H])N(c1cnc(-c2ccccc2)c(-c2ccccc2)n1)C(C([2H])([2H])[2H])C([2H])([2H])[2H])OCC(=O)O. The van der Waals surface area contributed by atoms with E-state index in [-0.39, 0.29) is 5.69 Å². The zero-order valence-electron chi connectivity index (χ0n) is 26.7. The van der Waals surface area contributed by atoms with Gasteiger partial charge < -0.3 is 14.7 Å². The van der Waals surface area contributed by atoms with Crippen LogP contribution in [0.3, 0.4) is 0 Å². The highest BCUT2D eigenvalue weighted by molar-refractivity contribution is 5.78. The van der Waals surface area contributed by atoms with Crippen molar-refractivity contribution in [3.8, 4) is 22.5 Å². The number of hydrogen-bond acceptors (Lipinski definition) is 5. The summed E-state index contributed by atoms with van der Waals surface area (Å²) in [6, 6.07) is 15.2. The molecule has 6 heteroatoms. The second kappa shape index (κ2) is 11.2. The third-order valence-electron chi connectivity index (χ3n) is 4.17. The predicted octanol–water partition coefficient (Wildman–Crippen LogP) is 4.91. The molecule has 0 saturated carbocycles. The molecule has 0 bridgehead atoms. The molecule has 0 fully saturated rings. The summed E-state index contributed by atoms with van der Waals surface area (Å²) in [4.78, 5) is 20.3. The van der Waals surface area contributed by atoms with E-state index < -0.39 is 64.0 Å². The summed E-state index contributed by atoms with van der Waals surface area (Å²) in [5.41, 5.74) is 1.84. The molecule has 1 heterocycles. The average molecular weight is 430 g/mol. The van der Waals surface area contributed by atoms with Gasteiger partial charge in [-0.2, -0.15) is 0 Å². The minimum atomic E-state index is -3.23. The first-order valence-corrected chi connectivity index (χ1v) is 9.55. The van der Waals surface area contributed by atoms with Crippen LogP contribution in [0.2, 0.25) is 0 Å². The van der Waals surface area contributed by atoms with Gasteiger partial charge >= 0.3 is 5.97 Å². The molecule has 0 unspecified atom stereocenters. The van der Waals surface area contributed by atoms with Gasteiger partial charge in [-0.3, -0.25) is 4.98 Å². The molecule has 2 aromatic carbocycles. The molecule has 0 spiro atoms. The zero-order chi connectivity index (χ0) is 30.6. The molecule has 0 aliphatic heterocycles. The van der Waals surface area contributed by atoms with Crippen LogP contribution in [-0.4, -0.2) is 46.7 Å². The first kappa shape index (κ1) is 12.6. The van der Waals surface area contributed by atoms with Crippen molar-refractivity contribution in [1.82, 2.24) is 9.97 Å². The molecule has 0 aliphatic carbocycles. The lowest BCUT2D eigenvalue weighted by Crippen LogP contribution is -2.33. The van der Waals surface area contributed by atoms with Crippen LogP contribution in [0.15, 0.2) is 66.9 Å². The number of carboxylic acids is 1. The minimum Gasteiger partial charge on any atom is -0.480 e. The third-order valence-corrected chi connectivity index (χ3v) is 4.17. The second-order valence-electron chi connectivity index (χ2n) is 6.41. The quantitative estimate of drug-likeness (QED) is 0.467. The Morgan fingerprint density at radius 2 is 1.71 bits per heavy atom. The van der Waals surface area contributed by atoms with Crippen LogP contribution in [0, 0.1) is 0 Å². The molecule has 0 amide bonds. The molecule has 162 valence electrons. The van der Waals surface area contributed by atoms with Gasteiger partial charge in [0.25, 0.3) is 0 Å². The van der Waals surface area contributed by atoms with Gasteiger partial charge in [-0.25, -0.2) is 9.78 Å². The Morgan fingerprint density at radius 1 is 1.06 bits per heavy atom. The van der Waals surface area contributed by atoms with E-state index in [1.54, 1.807) is 60.7 Å². The highest BCUT2D eigenvalue weighted by Crippen LogP contribution is 2.30. The van der Waals surface area contributed by atoms with Crippen LogP contribution in [0.4, 0.5) is 5.82 Å². The largest absolute Gasteiger partial charge is 0.480 e. The van der Waals surface area contributed by atoms with Gasteiger partial charge in [-0.05, 0) is 26.5 Å². The molecule has 31 heavy (non-hydrogen) atoms. The zero-order valence-corrected chi connectivity index (χ0v) is 16.7. The maximum Gasteiger partial charge on any atom is 0.329 e. The number of hydrogen-bond donors (Lipinski definition) is 1. The number of nitrogens with zero attached hydrogens (tertiary/aromatic N) is 3. The molecular weight excluding hydrogens is 390 g/mol. The van der Waals surface area contributed by atoms with Crippen molar-refractivity contribution < 1.29 is 28.3 Å². The Bertz CT molecular complexity index is 1310. The summed E-state index contributed by atoms with van der Waals surface area (Å²) in [5.74, 6) is -1.83. The van der Waals surface area contributed by atoms with Crippen LogP contribution >= 0.6 is 0 Å². The molecule has 0 atom stereocenters. The molecule has 0 saturated heterocycles. The topological polar surface area (TPSA) is 75.5 Å². The Kier molecular flexibility index (Phi) is 4.55. The summed E-state index contributed by atoms with van der Waals surface area (Å²) in [7, 11) is 0. The number of rotatable bonds is 11. The minimum absolute atomic E-state index is 0.241. The highest BCUT2D eigenvalue weighted by atomic mass is 16.5. The lowest BCUT2D eigenvalue weighted by molar-refractivity contribution is -0.142. The Hall–Kier alpha value is -3.25. The summed E-state index contributed by atoms with van der Waals surface area (Å²) in [6.07, 6.45) is -0.405. The van der Waals surface area contributed by atoms with Gasteiger partial charge in [-0.15, -0.1) is 0 Å². The second-order valence-corrected chi connectivity index (χ2v) is 6.41. The van der Waals surface area contributed by atoms with Gasteiger partial charge in [0.05, 0.1) is 20.3 Å². The number of benzene rings is 2. The van der Waals surface area contributed by atoms with Crippen molar-refractivity contribution in [2.75, 3.05) is 24.6 Å². The number of carbonyl (C=O) groups is 1. The molecule has 6 nitrogen and oxygen atoms in total. The average Bonchev–Trinajstić information content (AvgIpc) is 2.89. The van der Waals surface area contributed by atoms with Gasteiger partial charge in [0.1, 0.15) is 12.4 Å². The molecule has 0 aliphatic rings. The van der Waals surface area contributed by atoms with E-state index in [0.29, 0.717) is 21.7 Å². The molecular formula is C25H29N3O3. The summed E-state index contributed by atoms with van der Waals surface area (Å²) >= 11 is 0. The first-order valence-electron chi connectivity index (χ1n) is 14.6.